The molecule has 0 saturated carbocycles. The van der Waals surface area contributed by atoms with E-state index in [1.165, 1.54) is 0 Å². The first-order chi connectivity index (χ1) is 10.1. The third kappa shape index (κ3) is 2.97. The summed E-state index contributed by atoms with van der Waals surface area (Å²) in [5.41, 5.74) is 0. The lowest BCUT2D eigenvalue weighted by Crippen LogP contribution is -2.39. The van der Waals surface area contributed by atoms with Crippen molar-refractivity contribution in [1.82, 2.24) is 24.6 Å². The van der Waals surface area contributed by atoms with Gasteiger partial charge in [-0.3, -0.25) is 4.79 Å². The van der Waals surface area contributed by atoms with Crippen LogP contribution in [0, 0.1) is 0 Å². The normalized spacial score (nSPS) is 14.5. The minimum absolute atomic E-state index is 0.172. The molecule has 0 N–H and O–H groups in total. The average Bonchev–Trinajstić information content (AvgIpc) is 3.13. The van der Waals surface area contributed by atoms with Gasteiger partial charge in [0.25, 0.3) is 0 Å². The van der Waals surface area contributed by atoms with Crippen LogP contribution in [-0.2, 0) is 24.3 Å². The van der Waals surface area contributed by atoms with Crippen LogP contribution in [0.5, 0.6) is 0 Å². The molecule has 0 saturated heterocycles. The fourth-order valence-corrected chi connectivity index (χ4v) is 3.19. The van der Waals surface area contributed by atoms with Crippen LogP contribution in [0.2, 0.25) is 0 Å². The molecule has 0 aliphatic carbocycles. The van der Waals surface area contributed by atoms with Crippen LogP contribution in [0.15, 0.2) is 11.6 Å². The van der Waals surface area contributed by atoms with Crippen molar-refractivity contribution in [3.63, 3.8) is 0 Å². The Kier molecular flexibility index (Phi) is 4.01. The molecule has 0 atom stereocenters. The lowest BCUT2D eigenvalue weighted by atomic mass is 10.2. The van der Waals surface area contributed by atoms with E-state index in [-0.39, 0.29) is 5.91 Å². The first-order valence-electron chi connectivity index (χ1n) is 7.23. The van der Waals surface area contributed by atoms with Crippen molar-refractivity contribution in [1.29, 1.82) is 0 Å². The van der Waals surface area contributed by atoms with Gasteiger partial charge in [-0.2, -0.15) is 0 Å². The molecule has 0 radical (unpaired) electrons. The van der Waals surface area contributed by atoms with Crippen LogP contribution >= 0.6 is 11.3 Å². The van der Waals surface area contributed by atoms with Gasteiger partial charge < -0.3 is 9.47 Å². The smallest absolute Gasteiger partial charge is 0.223 e. The number of carbonyl (C=O) groups excluding carboxylic acids is 1. The van der Waals surface area contributed by atoms with E-state index in [2.05, 4.69) is 33.6 Å². The first kappa shape index (κ1) is 14.2. The summed E-state index contributed by atoms with van der Waals surface area (Å²) < 4.78 is 2.15. The van der Waals surface area contributed by atoms with Gasteiger partial charge in [0.1, 0.15) is 5.82 Å². The van der Waals surface area contributed by atoms with Gasteiger partial charge in [0.2, 0.25) is 5.91 Å². The van der Waals surface area contributed by atoms with Gasteiger partial charge in [-0.25, -0.2) is 4.98 Å². The molecular formula is C14H19N5OS. The van der Waals surface area contributed by atoms with Crippen LogP contribution < -0.4 is 0 Å². The van der Waals surface area contributed by atoms with Crippen LogP contribution in [-0.4, -0.2) is 37.1 Å². The highest BCUT2D eigenvalue weighted by Gasteiger charge is 2.25. The predicted molar refractivity (Wildman–Crippen MR) is 80.0 cm³/mol. The van der Waals surface area contributed by atoms with Crippen molar-refractivity contribution in [3.05, 3.63) is 28.2 Å². The maximum atomic E-state index is 12.3. The summed E-state index contributed by atoms with van der Waals surface area (Å²) in [5.74, 6) is 2.44. The Balaban J connectivity index is 1.62. The standard InChI is InChI=1S/C14H19N5OS/c1-10(2)14-17-16-11-9-18(6-7-19(11)14)13(20)4-3-12-15-5-8-21-12/h5,8,10H,3-4,6-7,9H2,1-2H3. The third-order valence-corrected chi connectivity index (χ3v) is 4.53. The fraction of sp³-hybridized carbons (Fsp3) is 0.571. The highest BCUT2D eigenvalue weighted by Crippen LogP contribution is 2.19. The second-order valence-electron chi connectivity index (χ2n) is 5.52. The number of thiazole rings is 1. The van der Waals surface area contributed by atoms with Gasteiger partial charge >= 0.3 is 0 Å². The lowest BCUT2D eigenvalue weighted by molar-refractivity contribution is -0.132. The number of amides is 1. The number of aryl methyl sites for hydroxylation is 1. The van der Waals surface area contributed by atoms with Gasteiger partial charge in [0.15, 0.2) is 5.82 Å². The summed E-state index contributed by atoms with van der Waals surface area (Å²) in [7, 11) is 0. The monoisotopic (exact) mass is 305 g/mol. The Hall–Kier alpha value is -1.76. The number of nitrogens with zero attached hydrogens (tertiary/aromatic N) is 5. The summed E-state index contributed by atoms with van der Waals surface area (Å²) in [5, 5.41) is 11.4. The van der Waals surface area contributed by atoms with Crippen molar-refractivity contribution >= 4 is 17.2 Å². The molecule has 1 aliphatic rings. The molecule has 3 heterocycles. The molecule has 0 aromatic carbocycles. The zero-order valence-electron chi connectivity index (χ0n) is 12.3. The zero-order chi connectivity index (χ0) is 14.8. The molecule has 0 unspecified atom stereocenters. The van der Waals surface area contributed by atoms with Crippen LogP contribution in [0.25, 0.3) is 0 Å². The van der Waals surface area contributed by atoms with Crippen molar-refractivity contribution in [2.45, 2.75) is 45.7 Å². The predicted octanol–water partition coefficient (Wildman–Crippen LogP) is 1.83. The average molecular weight is 305 g/mol. The molecule has 6 nitrogen and oxygen atoms in total. The molecule has 0 spiro atoms. The van der Waals surface area contributed by atoms with Gasteiger partial charge in [-0.15, -0.1) is 21.5 Å². The zero-order valence-corrected chi connectivity index (χ0v) is 13.1. The quantitative estimate of drug-likeness (QED) is 0.864. The summed E-state index contributed by atoms with van der Waals surface area (Å²) in [6.45, 7) is 6.32. The Morgan fingerprint density at radius 2 is 2.24 bits per heavy atom. The molecule has 7 heteroatoms. The molecule has 0 bridgehead atoms. The van der Waals surface area contributed by atoms with E-state index in [1.807, 2.05) is 10.3 Å². The van der Waals surface area contributed by atoms with Crippen LogP contribution in [0.3, 0.4) is 0 Å². The second-order valence-corrected chi connectivity index (χ2v) is 6.50. The molecule has 21 heavy (non-hydrogen) atoms. The Morgan fingerprint density at radius 1 is 1.38 bits per heavy atom. The van der Waals surface area contributed by atoms with E-state index < -0.39 is 0 Å². The Bertz CT molecular complexity index is 619. The van der Waals surface area contributed by atoms with E-state index in [9.17, 15) is 4.79 Å². The number of fused-ring (bicyclic) bond motifs is 1. The van der Waals surface area contributed by atoms with Gasteiger partial charge in [-0.1, -0.05) is 13.8 Å². The maximum absolute atomic E-state index is 12.3. The van der Waals surface area contributed by atoms with Gasteiger partial charge in [-0.05, 0) is 0 Å². The SMILES string of the molecule is CC(C)c1nnc2n1CCN(C(=O)CCc1nccs1)C2. The van der Waals surface area contributed by atoms with Crippen LogP contribution in [0.1, 0.15) is 42.8 Å². The third-order valence-electron chi connectivity index (χ3n) is 3.69. The topological polar surface area (TPSA) is 63.9 Å². The lowest BCUT2D eigenvalue weighted by Gasteiger charge is -2.28. The number of carbonyl (C=O) groups is 1. The minimum atomic E-state index is 0.172. The molecule has 112 valence electrons. The Labute approximate surface area is 127 Å². The summed E-state index contributed by atoms with van der Waals surface area (Å²) in [4.78, 5) is 18.4. The molecule has 1 amide bonds. The molecule has 1 aliphatic heterocycles. The van der Waals surface area contributed by atoms with E-state index in [0.29, 0.717) is 18.9 Å². The van der Waals surface area contributed by atoms with Crippen molar-refractivity contribution in [2.24, 2.45) is 0 Å². The number of hydrogen-bond acceptors (Lipinski definition) is 5. The van der Waals surface area contributed by atoms with Crippen LogP contribution in [0.4, 0.5) is 0 Å². The van der Waals surface area contributed by atoms with Crippen molar-refractivity contribution < 1.29 is 4.79 Å². The first-order valence-corrected chi connectivity index (χ1v) is 8.11. The molecule has 3 rings (SSSR count). The number of aromatic nitrogens is 4. The van der Waals surface area contributed by atoms with Crippen molar-refractivity contribution in [3.8, 4) is 0 Å². The van der Waals surface area contributed by atoms with Gasteiger partial charge in [0, 0.05) is 43.4 Å². The van der Waals surface area contributed by atoms with Crippen molar-refractivity contribution in [2.75, 3.05) is 6.54 Å². The Morgan fingerprint density at radius 3 is 2.95 bits per heavy atom. The number of hydrogen-bond donors (Lipinski definition) is 0. The van der Waals surface area contributed by atoms with E-state index in [4.69, 9.17) is 0 Å². The summed E-state index contributed by atoms with van der Waals surface area (Å²) in [6, 6.07) is 0. The van der Waals surface area contributed by atoms with E-state index in [0.717, 1.165) is 36.2 Å². The molecular weight excluding hydrogens is 286 g/mol. The molecule has 2 aromatic heterocycles. The largest absolute Gasteiger partial charge is 0.333 e. The van der Waals surface area contributed by atoms with E-state index in [1.54, 1.807) is 17.5 Å². The molecule has 0 fully saturated rings. The maximum Gasteiger partial charge on any atom is 0.223 e. The summed E-state index contributed by atoms with van der Waals surface area (Å²) in [6.07, 6.45) is 3.01. The number of rotatable bonds is 4. The summed E-state index contributed by atoms with van der Waals surface area (Å²) >= 11 is 1.60. The van der Waals surface area contributed by atoms with Gasteiger partial charge in [0.05, 0.1) is 11.6 Å². The highest BCUT2D eigenvalue weighted by molar-refractivity contribution is 7.09. The second kappa shape index (κ2) is 5.93. The van der Waals surface area contributed by atoms with E-state index >= 15 is 0 Å². The molecule has 2 aromatic rings. The minimum Gasteiger partial charge on any atom is -0.333 e. The highest BCUT2D eigenvalue weighted by atomic mass is 32.1. The fourth-order valence-electron chi connectivity index (χ4n) is 2.57.